The number of hydrogen-bond acceptors (Lipinski definition) is 3. The predicted octanol–water partition coefficient (Wildman–Crippen LogP) is 2.67. The Morgan fingerprint density at radius 3 is 2.69 bits per heavy atom. The lowest BCUT2D eigenvalue weighted by Gasteiger charge is -2.13. The van der Waals surface area contributed by atoms with Gasteiger partial charge in [-0.05, 0) is 31.5 Å². The van der Waals surface area contributed by atoms with Crippen LogP contribution >= 0.6 is 15.9 Å². The Labute approximate surface area is 105 Å². The molecule has 4 heteroatoms. The number of benzene rings is 1. The van der Waals surface area contributed by atoms with Crippen molar-refractivity contribution >= 4 is 15.9 Å². The number of aliphatic hydroxyl groups is 1. The fourth-order valence-electron chi connectivity index (χ4n) is 1.47. The molecular formula is C12H17BrO3. The maximum absolute atomic E-state index is 9.24. The van der Waals surface area contributed by atoms with E-state index in [2.05, 4.69) is 15.9 Å². The third-order valence-corrected chi connectivity index (χ3v) is 2.62. The number of aliphatic hydroxyl groups excluding tert-OH is 1. The number of aryl methyl sites for hydroxylation is 1. The van der Waals surface area contributed by atoms with Gasteiger partial charge in [0.15, 0.2) is 0 Å². The fourth-order valence-corrected chi connectivity index (χ4v) is 2.09. The quantitative estimate of drug-likeness (QED) is 0.818. The zero-order valence-electron chi connectivity index (χ0n) is 9.62. The van der Waals surface area contributed by atoms with Crippen LogP contribution in [0.4, 0.5) is 0 Å². The average molecular weight is 289 g/mol. The first-order chi connectivity index (χ1) is 7.69. The third-order valence-electron chi connectivity index (χ3n) is 2.16. The van der Waals surface area contributed by atoms with Crippen LogP contribution in [0.15, 0.2) is 16.6 Å². The SMILES string of the molecule is CCOCCOc1c(C)cc(Br)cc1CO. The first-order valence-corrected chi connectivity index (χ1v) is 6.08. The van der Waals surface area contributed by atoms with Crippen LogP contribution in [0.5, 0.6) is 5.75 Å². The molecule has 1 aromatic carbocycles. The van der Waals surface area contributed by atoms with Gasteiger partial charge in [-0.15, -0.1) is 0 Å². The van der Waals surface area contributed by atoms with E-state index >= 15 is 0 Å². The summed E-state index contributed by atoms with van der Waals surface area (Å²) in [6, 6.07) is 3.83. The predicted molar refractivity (Wildman–Crippen MR) is 66.8 cm³/mol. The van der Waals surface area contributed by atoms with Crippen LogP contribution in [0.3, 0.4) is 0 Å². The van der Waals surface area contributed by atoms with Crippen molar-refractivity contribution in [1.82, 2.24) is 0 Å². The molecule has 0 unspecified atom stereocenters. The number of ether oxygens (including phenoxy) is 2. The highest BCUT2D eigenvalue weighted by Gasteiger charge is 2.08. The van der Waals surface area contributed by atoms with Crippen LogP contribution in [0.25, 0.3) is 0 Å². The Kier molecular flexibility index (Phi) is 5.80. The minimum absolute atomic E-state index is 0.0236. The molecule has 1 N–H and O–H groups in total. The molecule has 90 valence electrons. The highest BCUT2D eigenvalue weighted by molar-refractivity contribution is 9.10. The molecular weight excluding hydrogens is 272 g/mol. The van der Waals surface area contributed by atoms with E-state index < -0.39 is 0 Å². The molecule has 0 bridgehead atoms. The lowest BCUT2D eigenvalue weighted by molar-refractivity contribution is 0.109. The normalized spacial score (nSPS) is 10.5. The molecule has 1 aromatic rings. The van der Waals surface area contributed by atoms with E-state index in [1.165, 1.54) is 0 Å². The molecule has 3 nitrogen and oxygen atoms in total. The molecule has 0 spiro atoms. The van der Waals surface area contributed by atoms with Gasteiger partial charge >= 0.3 is 0 Å². The van der Waals surface area contributed by atoms with Crippen LogP contribution in [0.2, 0.25) is 0 Å². The summed E-state index contributed by atoms with van der Waals surface area (Å²) in [6.45, 7) is 5.64. The molecule has 0 atom stereocenters. The summed E-state index contributed by atoms with van der Waals surface area (Å²) in [7, 11) is 0. The van der Waals surface area contributed by atoms with Crippen molar-refractivity contribution in [2.24, 2.45) is 0 Å². The molecule has 0 saturated heterocycles. The van der Waals surface area contributed by atoms with E-state index in [4.69, 9.17) is 9.47 Å². The lowest BCUT2D eigenvalue weighted by Crippen LogP contribution is -2.08. The van der Waals surface area contributed by atoms with Crippen molar-refractivity contribution in [3.63, 3.8) is 0 Å². The summed E-state index contributed by atoms with van der Waals surface area (Å²) in [5.41, 5.74) is 1.80. The molecule has 0 aromatic heterocycles. The lowest BCUT2D eigenvalue weighted by atomic mass is 10.1. The minimum Gasteiger partial charge on any atom is -0.491 e. The topological polar surface area (TPSA) is 38.7 Å². The molecule has 16 heavy (non-hydrogen) atoms. The second kappa shape index (κ2) is 6.89. The molecule has 0 heterocycles. The van der Waals surface area contributed by atoms with E-state index in [1.807, 2.05) is 26.0 Å². The molecule has 0 saturated carbocycles. The molecule has 0 amide bonds. The van der Waals surface area contributed by atoms with Crippen molar-refractivity contribution in [1.29, 1.82) is 0 Å². The average Bonchev–Trinajstić information content (AvgIpc) is 2.26. The van der Waals surface area contributed by atoms with Crippen LogP contribution in [0.1, 0.15) is 18.1 Å². The smallest absolute Gasteiger partial charge is 0.127 e. The zero-order valence-corrected chi connectivity index (χ0v) is 11.2. The van der Waals surface area contributed by atoms with Crippen molar-refractivity contribution in [3.8, 4) is 5.75 Å². The second-order valence-electron chi connectivity index (χ2n) is 3.41. The Morgan fingerprint density at radius 1 is 1.31 bits per heavy atom. The van der Waals surface area contributed by atoms with Crippen molar-refractivity contribution < 1.29 is 14.6 Å². The van der Waals surface area contributed by atoms with E-state index in [0.717, 1.165) is 21.3 Å². The van der Waals surface area contributed by atoms with Crippen LogP contribution < -0.4 is 4.74 Å². The van der Waals surface area contributed by atoms with Crippen molar-refractivity contribution in [2.45, 2.75) is 20.5 Å². The molecule has 0 fully saturated rings. The maximum Gasteiger partial charge on any atom is 0.127 e. The van der Waals surface area contributed by atoms with Crippen molar-refractivity contribution in [3.05, 3.63) is 27.7 Å². The Morgan fingerprint density at radius 2 is 2.06 bits per heavy atom. The van der Waals surface area contributed by atoms with Gasteiger partial charge in [0, 0.05) is 16.6 Å². The molecule has 0 aliphatic carbocycles. The van der Waals surface area contributed by atoms with Crippen molar-refractivity contribution in [2.75, 3.05) is 19.8 Å². The van der Waals surface area contributed by atoms with Crippen LogP contribution in [-0.2, 0) is 11.3 Å². The molecule has 1 rings (SSSR count). The van der Waals surface area contributed by atoms with Gasteiger partial charge < -0.3 is 14.6 Å². The Bertz CT molecular complexity index is 339. The van der Waals surface area contributed by atoms with Crippen LogP contribution in [-0.4, -0.2) is 24.9 Å². The van der Waals surface area contributed by atoms with E-state index in [0.29, 0.717) is 19.8 Å². The molecule has 0 aliphatic rings. The van der Waals surface area contributed by atoms with E-state index in [9.17, 15) is 5.11 Å². The van der Waals surface area contributed by atoms with Gasteiger partial charge in [-0.25, -0.2) is 0 Å². The Hall–Kier alpha value is -0.580. The minimum atomic E-state index is -0.0236. The largest absolute Gasteiger partial charge is 0.491 e. The summed E-state index contributed by atoms with van der Waals surface area (Å²) < 4.78 is 11.8. The number of rotatable bonds is 6. The second-order valence-corrected chi connectivity index (χ2v) is 4.33. The zero-order chi connectivity index (χ0) is 12.0. The summed E-state index contributed by atoms with van der Waals surface area (Å²) in [4.78, 5) is 0. The van der Waals surface area contributed by atoms with Gasteiger partial charge in [0.25, 0.3) is 0 Å². The third kappa shape index (κ3) is 3.77. The maximum atomic E-state index is 9.24. The first kappa shape index (κ1) is 13.5. The summed E-state index contributed by atoms with van der Waals surface area (Å²) in [6.07, 6.45) is 0. The highest BCUT2D eigenvalue weighted by Crippen LogP contribution is 2.28. The van der Waals surface area contributed by atoms with Gasteiger partial charge in [-0.3, -0.25) is 0 Å². The number of hydrogen-bond donors (Lipinski definition) is 1. The molecule has 0 aliphatic heterocycles. The van der Waals surface area contributed by atoms with E-state index in [-0.39, 0.29) is 6.61 Å². The van der Waals surface area contributed by atoms with Gasteiger partial charge in [-0.1, -0.05) is 15.9 Å². The van der Waals surface area contributed by atoms with Gasteiger partial charge in [0.2, 0.25) is 0 Å². The fraction of sp³-hybridized carbons (Fsp3) is 0.500. The Balaban J connectivity index is 2.70. The van der Waals surface area contributed by atoms with Gasteiger partial charge in [0.1, 0.15) is 12.4 Å². The number of halogens is 1. The first-order valence-electron chi connectivity index (χ1n) is 5.29. The van der Waals surface area contributed by atoms with Gasteiger partial charge in [0.05, 0.1) is 13.2 Å². The van der Waals surface area contributed by atoms with Gasteiger partial charge in [-0.2, -0.15) is 0 Å². The van der Waals surface area contributed by atoms with Crippen LogP contribution in [0, 0.1) is 6.92 Å². The standard InChI is InChI=1S/C12H17BrO3/c1-3-15-4-5-16-12-9(2)6-11(13)7-10(12)8-14/h6-7,14H,3-5,8H2,1-2H3. The summed E-state index contributed by atoms with van der Waals surface area (Å²) in [5.74, 6) is 0.755. The molecule has 0 radical (unpaired) electrons. The monoisotopic (exact) mass is 288 g/mol. The van der Waals surface area contributed by atoms with E-state index in [1.54, 1.807) is 0 Å². The summed E-state index contributed by atoms with van der Waals surface area (Å²) >= 11 is 3.39. The summed E-state index contributed by atoms with van der Waals surface area (Å²) in [5, 5.41) is 9.24. The highest BCUT2D eigenvalue weighted by atomic mass is 79.9.